The summed E-state index contributed by atoms with van der Waals surface area (Å²) in [6.07, 6.45) is 0. The van der Waals surface area contributed by atoms with Crippen LogP contribution in [0.3, 0.4) is 0 Å². The molecule has 0 unspecified atom stereocenters. The third kappa shape index (κ3) is 2.79. The molecule has 24 heavy (non-hydrogen) atoms. The summed E-state index contributed by atoms with van der Waals surface area (Å²) >= 11 is 1.20. The Balaban J connectivity index is 1.89. The van der Waals surface area contributed by atoms with Crippen molar-refractivity contribution in [1.82, 2.24) is 4.90 Å². The molecular formula is C18H18N2O3S. The molecule has 2 aromatic rings. The highest BCUT2D eigenvalue weighted by atomic mass is 32.1. The smallest absolute Gasteiger partial charge is 0.238 e. The number of fused-ring (bicyclic) bond motifs is 2. The van der Waals surface area contributed by atoms with Crippen LogP contribution in [-0.2, 0) is 4.79 Å². The van der Waals surface area contributed by atoms with E-state index in [1.165, 1.54) is 11.3 Å². The Morgan fingerprint density at radius 3 is 2.33 bits per heavy atom. The van der Waals surface area contributed by atoms with E-state index < -0.39 is 0 Å². The van der Waals surface area contributed by atoms with Gasteiger partial charge in [0.15, 0.2) is 5.78 Å². The molecule has 0 spiro atoms. The van der Waals surface area contributed by atoms with E-state index >= 15 is 0 Å². The Bertz CT molecular complexity index is 821. The highest BCUT2D eigenvalue weighted by Gasteiger charge is 2.33. The lowest BCUT2D eigenvalue weighted by atomic mass is 9.88. The number of benzene rings is 1. The monoisotopic (exact) mass is 342 g/mol. The second-order valence-electron chi connectivity index (χ2n) is 5.57. The van der Waals surface area contributed by atoms with Gasteiger partial charge in [-0.05, 0) is 13.1 Å². The molecule has 0 aliphatic heterocycles. The van der Waals surface area contributed by atoms with Crippen molar-refractivity contribution in [3.05, 3.63) is 51.2 Å². The van der Waals surface area contributed by atoms with E-state index in [1.54, 1.807) is 29.6 Å². The summed E-state index contributed by atoms with van der Waals surface area (Å²) < 4.78 is 0. The quantitative estimate of drug-likeness (QED) is 0.774. The maximum absolute atomic E-state index is 12.7. The highest BCUT2D eigenvalue weighted by molar-refractivity contribution is 7.13. The lowest BCUT2D eigenvalue weighted by Gasteiger charge is -2.18. The van der Waals surface area contributed by atoms with Crippen molar-refractivity contribution in [2.75, 3.05) is 25.0 Å². The lowest BCUT2D eigenvalue weighted by Crippen LogP contribution is -2.33. The zero-order valence-corrected chi connectivity index (χ0v) is 14.4. The van der Waals surface area contributed by atoms with E-state index in [-0.39, 0.29) is 24.0 Å². The molecule has 0 saturated heterocycles. The molecule has 1 aromatic heterocycles. The van der Waals surface area contributed by atoms with Gasteiger partial charge in [-0.2, -0.15) is 0 Å². The number of hydrogen-bond acceptors (Lipinski definition) is 5. The van der Waals surface area contributed by atoms with Crippen molar-refractivity contribution in [2.45, 2.75) is 13.8 Å². The minimum Gasteiger partial charge on any atom is -0.324 e. The van der Waals surface area contributed by atoms with Crippen LogP contribution in [0.25, 0.3) is 0 Å². The molecule has 1 aliphatic rings. The zero-order chi connectivity index (χ0) is 17.3. The molecule has 124 valence electrons. The number of thiophene rings is 1. The first-order chi connectivity index (χ1) is 11.6. The average molecular weight is 342 g/mol. The number of amides is 1. The van der Waals surface area contributed by atoms with Gasteiger partial charge in [-0.25, -0.2) is 0 Å². The second-order valence-corrected chi connectivity index (χ2v) is 6.45. The van der Waals surface area contributed by atoms with Gasteiger partial charge in [0.1, 0.15) is 0 Å². The van der Waals surface area contributed by atoms with Crippen molar-refractivity contribution in [3.63, 3.8) is 0 Å². The fourth-order valence-corrected chi connectivity index (χ4v) is 3.77. The first kappa shape index (κ1) is 16.5. The highest BCUT2D eigenvalue weighted by Crippen LogP contribution is 2.36. The SMILES string of the molecule is CCN(CC)CC(=O)Nc1csc2c1C(=O)c1ccccc1C2=O. The summed E-state index contributed by atoms with van der Waals surface area (Å²) in [4.78, 5) is 39.9. The van der Waals surface area contributed by atoms with Crippen LogP contribution >= 0.6 is 11.3 Å². The molecule has 5 nitrogen and oxygen atoms in total. The van der Waals surface area contributed by atoms with E-state index in [9.17, 15) is 14.4 Å². The van der Waals surface area contributed by atoms with Gasteiger partial charge < -0.3 is 5.32 Å². The van der Waals surface area contributed by atoms with Crippen molar-refractivity contribution < 1.29 is 14.4 Å². The summed E-state index contributed by atoms with van der Waals surface area (Å²) in [6.45, 7) is 5.79. The number of nitrogens with zero attached hydrogens (tertiary/aromatic N) is 1. The standard InChI is InChI=1S/C18H18N2O3S/c1-3-20(4-2)9-14(21)19-13-10-24-18-15(13)16(22)11-7-5-6-8-12(11)17(18)23/h5-8,10H,3-4,9H2,1-2H3,(H,19,21). The molecule has 1 N–H and O–H groups in total. The lowest BCUT2D eigenvalue weighted by molar-refractivity contribution is -0.117. The van der Waals surface area contributed by atoms with Gasteiger partial charge in [0.05, 0.1) is 22.7 Å². The van der Waals surface area contributed by atoms with Crippen molar-refractivity contribution >= 4 is 34.5 Å². The van der Waals surface area contributed by atoms with Crippen molar-refractivity contribution in [3.8, 4) is 0 Å². The molecule has 1 aromatic carbocycles. The number of ketones is 2. The maximum Gasteiger partial charge on any atom is 0.238 e. The third-order valence-electron chi connectivity index (χ3n) is 4.18. The fraction of sp³-hybridized carbons (Fsp3) is 0.278. The van der Waals surface area contributed by atoms with Crippen molar-refractivity contribution in [2.24, 2.45) is 0 Å². The first-order valence-electron chi connectivity index (χ1n) is 7.88. The van der Waals surface area contributed by atoms with Gasteiger partial charge >= 0.3 is 0 Å². The molecule has 0 atom stereocenters. The summed E-state index contributed by atoms with van der Waals surface area (Å²) in [5.41, 5.74) is 1.57. The molecule has 1 aliphatic carbocycles. The van der Waals surface area contributed by atoms with Gasteiger partial charge in [-0.15, -0.1) is 11.3 Å². The van der Waals surface area contributed by atoms with E-state index in [0.717, 1.165) is 13.1 Å². The van der Waals surface area contributed by atoms with E-state index in [4.69, 9.17) is 0 Å². The van der Waals surface area contributed by atoms with E-state index in [2.05, 4.69) is 5.32 Å². The fourth-order valence-electron chi connectivity index (χ4n) is 2.82. The minimum absolute atomic E-state index is 0.158. The minimum atomic E-state index is -0.209. The van der Waals surface area contributed by atoms with Crippen LogP contribution in [0.1, 0.15) is 45.0 Å². The van der Waals surface area contributed by atoms with Crippen LogP contribution in [0.5, 0.6) is 0 Å². The Morgan fingerprint density at radius 1 is 1.08 bits per heavy atom. The van der Waals surface area contributed by atoms with Gasteiger partial charge in [-0.1, -0.05) is 38.1 Å². The average Bonchev–Trinajstić information content (AvgIpc) is 3.01. The van der Waals surface area contributed by atoms with E-state index in [1.807, 2.05) is 18.7 Å². The number of nitrogens with one attached hydrogen (secondary N) is 1. The number of likely N-dealkylation sites (N-methyl/N-ethyl adjacent to an activating group) is 1. The first-order valence-corrected chi connectivity index (χ1v) is 8.76. The molecule has 6 heteroatoms. The van der Waals surface area contributed by atoms with Gasteiger partial charge in [0.25, 0.3) is 0 Å². The van der Waals surface area contributed by atoms with E-state index in [0.29, 0.717) is 27.3 Å². The number of anilines is 1. The largest absolute Gasteiger partial charge is 0.324 e. The van der Waals surface area contributed by atoms with Crippen LogP contribution in [0.4, 0.5) is 5.69 Å². The second kappa shape index (κ2) is 6.67. The number of carbonyl (C=O) groups is 3. The predicted octanol–water partition coefficient (Wildman–Crippen LogP) is 2.80. The van der Waals surface area contributed by atoms with Crippen LogP contribution < -0.4 is 5.32 Å². The molecule has 3 rings (SSSR count). The summed E-state index contributed by atoms with van der Waals surface area (Å²) in [5, 5.41) is 4.46. The number of hydrogen-bond donors (Lipinski definition) is 1. The topological polar surface area (TPSA) is 66.5 Å². The van der Waals surface area contributed by atoms with Crippen LogP contribution in [0.2, 0.25) is 0 Å². The molecular weight excluding hydrogens is 324 g/mol. The molecule has 0 radical (unpaired) electrons. The summed E-state index contributed by atoms with van der Waals surface area (Å²) in [6, 6.07) is 6.80. The molecule has 1 amide bonds. The van der Waals surface area contributed by atoms with Crippen molar-refractivity contribution in [1.29, 1.82) is 0 Å². The Labute approximate surface area is 144 Å². The number of rotatable bonds is 5. The van der Waals surface area contributed by atoms with Gasteiger partial charge in [-0.3, -0.25) is 19.3 Å². The maximum atomic E-state index is 12.7. The molecule has 1 heterocycles. The van der Waals surface area contributed by atoms with Crippen LogP contribution in [0.15, 0.2) is 29.6 Å². The Kier molecular flexibility index (Phi) is 4.59. The normalized spacial score (nSPS) is 13.0. The molecule has 0 saturated carbocycles. The molecule has 0 bridgehead atoms. The predicted molar refractivity (Wildman–Crippen MR) is 94.0 cm³/mol. The third-order valence-corrected chi connectivity index (χ3v) is 5.16. The van der Waals surface area contributed by atoms with Crippen LogP contribution in [-0.4, -0.2) is 42.0 Å². The summed E-state index contributed by atoms with van der Waals surface area (Å²) in [7, 11) is 0. The Hall–Kier alpha value is -2.31. The number of carbonyl (C=O) groups excluding carboxylic acids is 3. The van der Waals surface area contributed by atoms with Gasteiger partial charge in [0, 0.05) is 16.5 Å². The van der Waals surface area contributed by atoms with Gasteiger partial charge in [0.2, 0.25) is 11.7 Å². The molecule has 0 fully saturated rings. The zero-order valence-electron chi connectivity index (χ0n) is 13.6. The Morgan fingerprint density at radius 2 is 1.71 bits per heavy atom. The summed E-state index contributed by atoms with van der Waals surface area (Å²) in [5.74, 6) is -0.549. The van der Waals surface area contributed by atoms with Crippen LogP contribution in [0, 0.1) is 0 Å².